The minimum atomic E-state index is 0.227. The van der Waals surface area contributed by atoms with Crippen molar-refractivity contribution in [3.05, 3.63) is 0 Å². The Bertz CT molecular complexity index is 298. The summed E-state index contributed by atoms with van der Waals surface area (Å²) in [7, 11) is 0. The number of guanidine groups is 1. The molecule has 2 aliphatic rings. The predicted molar refractivity (Wildman–Crippen MR) is 68.4 cm³/mol. The van der Waals surface area contributed by atoms with Crippen molar-refractivity contribution in [3.63, 3.8) is 0 Å². The van der Waals surface area contributed by atoms with Crippen molar-refractivity contribution in [1.82, 2.24) is 4.90 Å². The van der Waals surface area contributed by atoms with Gasteiger partial charge in [0.15, 0.2) is 5.96 Å². The van der Waals surface area contributed by atoms with Crippen LogP contribution in [0.5, 0.6) is 0 Å². The van der Waals surface area contributed by atoms with Crippen molar-refractivity contribution < 1.29 is 0 Å². The summed E-state index contributed by atoms with van der Waals surface area (Å²) >= 11 is 0. The molecule has 3 unspecified atom stereocenters. The summed E-state index contributed by atoms with van der Waals surface area (Å²) in [6.07, 6.45) is 3.88. The normalized spacial score (nSPS) is 39.6. The Balaban J connectivity index is 2.25. The molecular formula is C13H25N3. The van der Waals surface area contributed by atoms with Crippen molar-refractivity contribution in [1.29, 1.82) is 0 Å². The van der Waals surface area contributed by atoms with Crippen molar-refractivity contribution in [2.45, 2.75) is 58.5 Å². The topological polar surface area (TPSA) is 41.6 Å². The summed E-state index contributed by atoms with van der Waals surface area (Å²) in [5.41, 5.74) is 6.29. The van der Waals surface area contributed by atoms with Crippen LogP contribution in [0.4, 0.5) is 0 Å². The van der Waals surface area contributed by atoms with E-state index in [1.54, 1.807) is 0 Å². The van der Waals surface area contributed by atoms with Gasteiger partial charge in [-0.2, -0.15) is 0 Å². The molecular weight excluding hydrogens is 198 g/mol. The first kappa shape index (κ1) is 11.7. The van der Waals surface area contributed by atoms with Gasteiger partial charge in [-0.15, -0.1) is 0 Å². The first-order chi connectivity index (χ1) is 7.47. The van der Waals surface area contributed by atoms with Gasteiger partial charge in [0.25, 0.3) is 0 Å². The van der Waals surface area contributed by atoms with Crippen LogP contribution in [0.25, 0.3) is 0 Å². The summed E-state index contributed by atoms with van der Waals surface area (Å²) in [6, 6.07) is 0.460. The molecule has 0 aromatic heterocycles. The zero-order valence-electron chi connectivity index (χ0n) is 11.0. The lowest BCUT2D eigenvalue weighted by molar-refractivity contribution is 0.0447. The van der Waals surface area contributed by atoms with E-state index in [0.29, 0.717) is 12.0 Å². The van der Waals surface area contributed by atoms with Crippen molar-refractivity contribution in [2.24, 2.45) is 22.6 Å². The summed E-state index contributed by atoms with van der Waals surface area (Å²) < 4.78 is 0. The van der Waals surface area contributed by atoms with Crippen LogP contribution in [0.2, 0.25) is 0 Å². The van der Waals surface area contributed by atoms with Gasteiger partial charge in [-0.25, -0.2) is 0 Å². The van der Waals surface area contributed by atoms with Gasteiger partial charge in [0.2, 0.25) is 0 Å². The second-order valence-corrected chi connectivity index (χ2v) is 6.02. The fourth-order valence-electron chi connectivity index (χ4n) is 3.65. The van der Waals surface area contributed by atoms with Crippen LogP contribution >= 0.6 is 0 Å². The molecule has 3 heteroatoms. The van der Waals surface area contributed by atoms with Gasteiger partial charge in [0.05, 0.1) is 12.1 Å². The molecule has 0 aromatic carbocycles. The van der Waals surface area contributed by atoms with Crippen molar-refractivity contribution in [3.8, 4) is 0 Å². The van der Waals surface area contributed by atoms with Gasteiger partial charge in [-0.3, -0.25) is 4.99 Å². The highest BCUT2D eigenvalue weighted by Crippen LogP contribution is 2.43. The van der Waals surface area contributed by atoms with Crippen molar-refractivity contribution >= 4 is 5.96 Å². The van der Waals surface area contributed by atoms with E-state index < -0.39 is 0 Å². The first-order valence-corrected chi connectivity index (χ1v) is 6.56. The van der Waals surface area contributed by atoms with E-state index in [4.69, 9.17) is 5.73 Å². The van der Waals surface area contributed by atoms with Gasteiger partial charge in [-0.1, -0.05) is 13.8 Å². The minimum absolute atomic E-state index is 0.227. The number of hydrogen-bond donors (Lipinski definition) is 1. The van der Waals surface area contributed by atoms with E-state index in [-0.39, 0.29) is 5.54 Å². The SMILES string of the molecule is CC1CCC2(CN=C(N)N2C(C)C)C(C)C1. The zero-order valence-corrected chi connectivity index (χ0v) is 11.0. The van der Waals surface area contributed by atoms with Crippen LogP contribution in [0.3, 0.4) is 0 Å². The van der Waals surface area contributed by atoms with E-state index in [1.807, 2.05) is 0 Å². The summed E-state index contributed by atoms with van der Waals surface area (Å²) in [5.74, 6) is 2.32. The predicted octanol–water partition coefficient (Wildman–Crippen LogP) is 2.22. The molecule has 92 valence electrons. The smallest absolute Gasteiger partial charge is 0.192 e. The molecule has 16 heavy (non-hydrogen) atoms. The maximum atomic E-state index is 6.06. The molecule has 3 nitrogen and oxygen atoms in total. The minimum Gasteiger partial charge on any atom is -0.370 e. The van der Waals surface area contributed by atoms with Gasteiger partial charge < -0.3 is 10.6 Å². The zero-order chi connectivity index (χ0) is 11.9. The Hall–Kier alpha value is -0.730. The summed E-state index contributed by atoms with van der Waals surface area (Å²) in [5, 5.41) is 0. The van der Waals surface area contributed by atoms with E-state index in [2.05, 4.69) is 37.6 Å². The highest BCUT2D eigenvalue weighted by molar-refractivity contribution is 5.81. The lowest BCUT2D eigenvalue weighted by atomic mass is 9.69. The molecule has 0 saturated heterocycles. The van der Waals surface area contributed by atoms with Gasteiger partial charge in [-0.05, 0) is 44.9 Å². The fourth-order valence-corrected chi connectivity index (χ4v) is 3.65. The van der Waals surface area contributed by atoms with Crippen LogP contribution in [0.1, 0.15) is 47.0 Å². The van der Waals surface area contributed by atoms with Crippen LogP contribution in [-0.2, 0) is 0 Å². The monoisotopic (exact) mass is 223 g/mol. The summed E-state index contributed by atoms with van der Waals surface area (Å²) in [4.78, 5) is 6.89. The Morgan fingerprint density at radius 1 is 1.44 bits per heavy atom. The fraction of sp³-hybridized carbons (Fsp3) is 0.923. The lowest BCUT2D eigenvalue weighted by Gasteiger charge is -2.49. The van der Waals surface area contributed by atoms with Crippen LogP contribution in [-0.4, -0.2) is 29.0 Å². The second kappa shape index (κ2) is 3.94. The van der Waals surface area contributed by atoms with E-state index in [9.17, 15) is 0 Å². The van der Waals surface area contributed by atoms with E-state index in [0.717, 1.165) is 18.4 Å². The third-order valence-corrected chi connectivity index (χ3v) is 4.50. The molecule has 0 radical (unpaired) electrons. The third kappa shape index (κ3) is 1.61. The highest BCUT2D eigenvalue weighted by Gasteiger charge is 2.49. The second-order valence-electron chi connectivity index (χ2n) is 6.02. The maximum absolute atomic E-state index is 6.06. The quantitative estimate of drug-likeness (QED) is 0.740. The van der Waals surface area contributed by atoms with Crippen LogP contribution < -0.4 is 5.73 Å². The Labute approximate surface area is 99.1 Å². The number of aliphatic imine (C=N–C) groups is 1. The molecule has 0 amide bonds. The molecule has 3 atom stereocenters. The molecule has 1 aliphatic carbocycles. The summed E-state index contributed by atoms with van der Waals surface area (Å²) in [6.45, 7) is 10.1. The molecule has 1 saturated carbocycles. The molecule has 0 bridgehead atoms. The number of nitrogens with zero attached hydrogens (tertiary/aromatic N) is 2. The number of nitrogens with two attached hydrogens (primary N) is 1. The molecule has 0 aromatic rings. The van der Waals surface area contributed by atoms with Crippen molar-refractivity contribution in [2.75, 3.05) is 6.54 Å². The Kier molecular flexibility index (Phi) is 2.89. The Morgan fingerprint density at radius 3 is 2.69 bits per heavy atom. The molecule has 1 spiro atoms. The molecule has 1 fully saturated rings. The number of hydrogen-bond acceptors (Lipinski definition) is 3. The molecule has 1 heterocycles. The Morgan fingerprint density at radius 2 is 2.12 bits per heavy atom. The third-order valence-electron chi connectivity index (χ3n) is 4.50. The molecule has 2 rings (SSSR count). The van der Waals surface area contributed by atoms with E-state index in [1.165, 1.54) is 19.3 Å². The average molecular weight is 223 g/mol. The number of rotatable bonds is 1. The van der Waals surface area contributed by atoms with Gasteiger partial charge in [0, 0.05) is 6.04 Å². The molecule has 2 N–H and O–H groups in total. The maximum Gasteiger partial charge on any atom is 0.192 e. The standard InChI is InChI=1S/C13H25N3/c1-9(2)16-12(14)15-8-13(16)6-5-10(3)7-11(13)4/h9-11H,5-8H2,1-4H3,(H2,14,15). The first-order valence-electron chi connectivity index (χ1n) is 6.56. The van der Waals surface area contributed by atoms with Crippen LogP contribution in [0, 0.1) is 11.8 Å². The van der Waals surface area contributed by atoms with Gasteiger partial charge in [0.1, 0.15) is 0 Å². The largest absolute Gasteiger partial charge is 0.370 e. The van der Waals surface area contributed by atoms with Crippen LogP contribution in [0.15, 0.2) is 4.99 Å². The molecule has 1 aliphatic heterocycles. The lowest BCUT2D eigenvalue weighted by Crippen LogP contribution is -2.59. The van der Waals surface area contributed by atoms with E-state index >= 15 is 0 Å². The average Bonchev–Trinajstić information content (AvgIpc) is 2.52. The highest BCUT2D eigenvalue weighted by atomic mass is 15.4. The van der Waals surface area contributed by atoms with Gasteiger partial charge >= 0.3 is 0 Å².